The molecule has 0 radical (unpaired) electrons. The molecule has 1 aromatic rings. The summed E-state index contributed by atoms with van der Waals surface area (Å²) in [4.78, 5) is 21.7. The lowest BCUT2D eigenvalue weighted by atomic mass is 10.3. The monoisotopic (exact) mass is 244 g/mol. The number of hydrogen-bond acceptors (Lipinski definition) is 2. The smallest absolute Gasteiger partial charge is 0.325 e. The Labute approximate surface area is 95.4 Å². The van der Waals surface area contributed by atoms with Crippen LogP contribution in [0.5, 0.6) is 0 Å². The van der Waals surface area contributed by atoms with E-state index in [2.05, 4.69) is 10.6 Å². The molecule has 2 amide bonds. The summed E-state index contributed by atoms with van der Waals surface area (Å²) in [6.07, 6.45) is 0. The van der Waals surface area contributed by atoms with E-state index in [1.54, 1.807) is 0 Å². The van der Waals surface area contributed by atoms with Crippen molar-refractivity contribution in [3.63, 3.8) is 0 Å². The molecule has 1 rings (SSSR count). The van der Waals surface area contributed by atoms with Gasteiger partial charge in [0.1, 0.15) is 17.7 Å². The number of benzene rings is 1. The van der Waals surface area contributed by atoms with Gasteiger partial charge < -0.3 is 15.7 Å². The minimum Gasteiger partial charge on any atom is -0.480 e. The molecule has 0 bridgehead atoms. The molecule has 0 aliphatic carbocycles. The molecular formula is C10H10F2N2O3. The summed E-state index contributed by atoms with van der Waals surface area (Å²) in [5.41, 5.74) is -0.235. The molecule has 7 heteroatoms. The molecule has 3 N–H and O–H groups in total. The number of anilines is 1. The van der Waals surface area contributed by atoms with Crippen LogP contribution in [0.3, 0.4) is 0 Å². The molecule has 92 valence electrons. The lowest BCUT2D eigenvalue weighted by molar-refractivity contribution is -0.138. The van der Waals surface area contributed by atoms with Crippen LogP contribution in [0, 0.1) is 11.6 Å². The fourth-order valence-corrected chi connectivity index (χ4v) is 1.01. The molecule has 0 aliphatic rings. The minimum absolute atomic E-state index is 0.235. The van der Waals surface area contributed by atoms with E-state index < -0.39 is 29.7 Å². The van der Waals surface area contributed by atoms with Gasteiger partial charge in [-0.1, -0.05) is 0 Å². The van der Waals surface area contributed by atoms with Crippen LogP contribution in [-0.4, -0.2) is 23.1 Å². The number of hydrogen-bond donors (Lipinski definition) is 3. The van der Waals surface area contributed by atoms with E-state index in [-0.39, 0.29) is 5.69 Å². The van der Waals surface area contributed by atoms with E-state index in [0.717, 1.165) is 12.1 Å². The Hall–Kier alpha value is -2.18. The average Bonchev–Trinajstić information content (AvgIpc) is 2.22. The van der Waals surface area contributed by atoms with Crippen molar-refractivity contribution in [2.75, 3.05) is 5.32 Å². The molecule has 1 atom stereocenters. The van der Waals surface area contributed by atoms with Crippen molar-refractivity contribution in [2.45, 2.75) is 13.0 Å². The Morgan fingerprint density at radius 3 is 2.53 bits per heavy atom. The van der Waals surface area contributed by atoms with Crippen LogP contribution in [0.4, 0.5) is 19.3 Å². The molecule has 0 fully saturated rings. The van der Waals surface area contributed by atoms with Gasteiger partial charge in [0, 0.05) is 6.07 Å². The molecule has 1 aromatic carbocycles. The van der Waals surface area contributed by atoms with Gasteiger partial charge >= 0.3 is 12.0 Å². The quantitative estimate of drug-likeness (QED) is 0.755. The topological polar surface area (TPSA) is 78.4 Å². The Balaban J connectivity index is 2.65. The molecule has 17 heavy (non-hydrogen) atoms. The van der Waals surface area contributed by atoms with Crippen LogP contribution in [0.2, 0.25) is 0 Å². The molecule has 0 spiro atoms. The van der Waals surface area contributed by atoms with Crippen LogP contribution in [0.15, 0.2) is 18.2 Å². The number of carboxylic acids is 1. The number of carbonyl (C=O) groups is 2. The highest BCUT2D eigenvalue weighted by Gasteiger charge is 2.14. The van der Waals surface area contributed by atoms with Gasteiger partial charge in [-0.25, -0.2) is 13.6 Å². The summed E-state index contributed by atoms with van der Waals surface area (Å²) in [7, 11) is 0. The molecule has 0 heterocycles. The Morgan fingerprint density at radius 2 is 2.00 bits per heavy atom. The second kappa shape index (κ2) is 5.24. The summed E-state index contributed by atoms with van der Waals surface area (Å²) in [6, 6.07) is 0.620. The van der Waals surface area contributed by atoms with Crippen LogP contribution in [0.25, 0.3) is 0 Å². The fourth-order valence-electron chi connectivity index (χ4n) is 1.01. The van der Waals surface area contributed by atoms with Gasteiger partial charge in [-0.05, 0) is 19.1 Å². The lowest BCUT2D eigenvalue weighted by Gasteiger charge is -2.11. The number of carboxylic acid groups (broad SMARTS) is 1. The number of halogens is 2. The zero-order valence-electron chi connectivity index (χ0n) is 8.83. The van der Waals surface area contributed by atoms with Crippen molar-refractivity contribution in [2.24, 2.45) is 0 Å². The molecule has 0 saturated carbocycles. The first-order chi connectivity index (χ1) is 7.90. The number of rotatable bonds is 3. The van der Waals surface area contributed by atoms with Crippen LogP contribution >= 0.6 is 0 Å². The SMILES string of the molecule is C[C@@H](NC(=O)Nc1ccc(F)cc1F)C(=O)O. The second-order valence-electron chi connectivity index (χ2n) is 3.28. The van der Waals surface area contributed by atoms with Gasteiger partial charge in [-0.3, -0.25) is 4.79 Å². The molecule has 0 unspecified atom stereocenters. The van der Waals surface area contributed by atoms with E-state index in [9.17, 15) is 18.4 Å². The van der Waals surface area contributed by atoms with Crippen molar-refractivity contribution >= 4 is 17.7 Å². The normalized spacial score (nSPS) is 11.7. The van der Waals surface area contributed by atoms with Crippen molar-refractivity contribution in [3.8, 4) is 0 Å². The third-order valence-electron chi connectivity index (χ3n) is 1.90. The van der Waals surface area contributed by atoms with Gasteiger partial charge in [0.15, 0.2) is 0 Å². The zero-order valence-corrected chi connectivity index (χ0v) is 8.83. The fraction of sp³-hybridized carbons (Fsp3) is 0.200. The average molecular weight is 244 g/mol. The molecular weight excluding hydrogens is 234 g/mol. The van der Waals surface area contributed by atoms with Gasteiger partial charge in [-0.2, -0.15) is 0 Å². The van der Waals surface area contributed by atoms with Crippen molar-refractivity contribution in [1.29, 1.82) is 0 Å². The second-order valence-corrected chi connectivity index (χ2v) is 3.28. The number of nitrogens with one attached hydrogen (secondary N) is 2. The van der Waals surface area contributed by atoms with Crippen molar-refractivity contribution in [1.82, 2.24) is 5.32 Å². The van der Waals surface area contributed by atoms with Gasteiger partial charge in [0.25, 0.3) is 0 Å². The van der Waals surface area contributed by atoms with Gasteiger partial charge in [-0.15, -0.1) is 0 Å². The van der Waals surface area contributed by atoms with E-state index in [4.69, 9.17) is 5.11 Å². The van der Waals surface area contributed by atoms with Crippen molar-refractivity contribution < 1.29 is 23.5 Å². The maximum absolute atomic E-state index is 13.1. The number of carbonyl (C=O) groups excluding carboxylic acids is 1. The first-order valence-electron chi connectivity index (χ1n) is 4.65. The Kier molecular flexibility index (Phi) is 3.97. The molecule has 0 aliphatic heterocycles. The third-order valence-corrected chi connectivity index (χ3v) is 1.90. The predicted molar refractivity (Wildman–Crippen MR) is 55.6 cm³/mol. The number of amides is 2. The van der Waals surface area contributed by atoms with Crippen LogP contribution < -0.4 is 10.6 Å². The third kappa shape index (κ3) is 3.71. The number of aliphatic carboxylic acids is 1. The van der Waals surface area contributed by atoms with E-state index >= 15 is 0 Å². The molecule has 5 nitrogen and oxygen atoms in total. The highest BCUT2D eigenvalue weighted by atomic mass is 19.1. The predicted octanol–water partition coefficient (Wildman–Crippen LogP) is 1.56. The maximum atomic E-state index is 13.1. The summed E-state index contributed by atoms with van der Waals surface area (Å²) < 4.78 is 25.7. The lowest BCUT2D eigenvalue weighted by Crippen LogP contribution is -2.41. The highest BCUT2D eigenvalue weighted by Crippen LogP contribution is 2.14. The summed E-state index contributed by atoms with van der Waals surface area (Å²) in [5, 5.41) is 12.6. The first kappa shape index (κ1) is 12.9. The van der Waals surface area contributed by atoms with Crippen LogP contribution in [0.1, 0.15) is 6.92 Å². The first-order valence-corrected chi connectivity index (χ1v) is 4.65. The maximum Gasteiger partial charge on any atom is 0.325 e. The highest BCUT2D eigenvalue weighted by molar-refractivity contribution is 5.92. The Bertz CT molecular complexity index is 451. The van der Waals surface area contributed by atoms with Gasteiger partial charge in [0.05, 0.1) is 5.69 Å². The largest absolute Gasteiger partial charge is 0.480 e. The summed E-state index contributed by atoms with van der Waals surface area (Å²) in [5.74, 6) is -2.93. The zero-order chi connectivity index (χ0) is 13.0. The standard InChI is InChI=1S/C10H10F2N2O3/c1-5(9(15)16)13-10(17)14-8-3-2-6(11)4-7(8)12/h2-5H,1H3,(H,15,16)(H2,13,14,17)/t5-/m1/s1. The minimum atomic E-state index is -1.22. The summed E-state index contributed by atoms with van der Waals surface area (Å²) >= 11 is 0. The van der Waals surface area contributed by atoms with Crippen molar-refractivity contribution in [3.05, 3.63) is 29.8 Å². The summed E-state index contributed by atoms with van der Waals surface area (Å²) in [6.45, 7) is 1.25. The van der Waals surface area contributed by atoms with E-state index in [1.165, 1.54) is 6.92 Å². The Morgan fingerprint density at radius 1 is 1.35 bits per heavy atom. The molecule has 0 saturated heterocycles. The van der Waals surface area contributed by atoms with Gasteiger partial charge in [0.2, 0.25) is 0 Å². The number of urea groups is 1. The van der Waals surface area contributed by atoms with Crippen LogP contribution in [-0.2, 0) is 4.79 Å². The molecule has 0 aromatic heterocycles. The van der Waals surface area contributed by atoms with E-state index in [1.807, 2.05) is 0 Å². The van der Waals surface area contributed by atoms with E-state index in [0.29, 0.717) is 6.07 Å².